The lowest BCUT2D eigenvalue weighted by Gasteiger charge is -2.20. The Labute approximate surface area is 124 Å². The highest BCUT2D eigenvalue weighted by atomic mass is 14.7. The van der Waals surface area contributed by atoms with Crippen molar-refractivity contribution in [3.05, 3.63) is 53.7 Å². The minimum atomic E-state index is 0.154. The summed E-state index contributed by atoms with van der Waals surface area (Å²) in [4.78, 5) is 4.61. The van der Waals surface area contributed by atoms with Crippen molar-refractivity contribution in [3.8, 4) is 11.3 Å². The summed E-state index contributed by atoms with van der Waals surface area (Å²) in [5.41, 5.74) is 4.84. The molecule has 0 saturated heterocycles. The number of hydrogen-bond acceptors (Lipinski definition) is 1. The van der Waals surface area contributed by atoms with Gasteiger partial charge in [-0.1, -0.05) is 63.6 Å². The van der Waals surface area contributed by atoms with E-state index in [0.29, 0.717) is 0 Å². The van der Waals surface area contributed by atoms with Crippen molar-refractivity contribution in [2.75, 3.05) is 0 Å². The standard InChI is InChI=1S/C17H23B2N/c1-16(2,18)13-7-5-12(6-8-13)15-10-9-14(11-20-15)17(3,4)19/h5-11H,18-19H2,1-4H3. The minimum Gasteiger partial charge on any atom is -0.256 e. The summed E-state index contributed by atoms with van der Waals surface area (Å²) in [7, 11) is 4.44. The highest BCUT2D eigenvalue weighted by Crippen LogP contribution is 2.25. The smallest absolute Gasteiger partial charge is 0.114 e. The Morgan fingerprint density at radius 2 is 1.25 bits per heavy atom. The molecule has 0 aliphatic rings. The molecule has 0 spiro atoms. The van der Waals surface area contributed by atoms with Crippen LogP contribution in [0.1, 0.15) is 38.8 Å². The Bertz CT molecular complexity index is 517. The van der Waals surface area contributed by atoms with Gasteiger partial charge in [0.1, 0.15) is 15.7 Å². The van der Waals surface area contributed by atoms with Crippen LogP contribution in [0.5, 0.6) is 0 Å². The molecular formula is C17H23B2N. The second kappa shape index (κ2) is 5.12. The van der Waals surface area contributed by atoms with Crippen LogP contribution in [-0.2, 0) is 10.6 Å². The van der Waals surface area contributed by atoms with Crippen LogP contribution < -0.4 is 0 Å². The molecule has 0 fully saturated rings. The molecule has 20 heavy (non-hydrogen) atoms. The second-order valence-electron chi connectivity index (χ2n) is 7.51. The zero-order chi connectivity index (χ0) is 15.0. The maximum absolute atomic E-state index is 4.61. The zero-order valence-electron chi connectivity index (χ0n) is 13.5. The lowest BCUT2D eigenvalue weighted by molar-refractivity contribution is 0.758. The van der Waals surface area contributed by atoms with E-state index in [2.05, 4.69) is 84.8 Å². The number of benzene rings is 1. The molecule has 0 N–H and O–H groups in total. The van der Waals surface area contributed by atoms with E-state index in [9.17, 15) is 0 Å². The van der Waals surface area contributed by atoms with Gasteiger partial charge in [-0.05, 0) is 22.3 Å². The molecule has 1 heterocycles. The van der Waals surface area contributed by atoms with Crippen molar-refractivity contribution in [1.29, 1.82) is 0 Å². The lowest BCUT2D eigenvalue weighted by Crippen LogP contribution is -2.16. The van der Waals surface area contributed by atoms with Gasteiger partial charge >= 0.3 is 0 Å². The van der Waals surface area contributed by atoms with E-state index in [1.165, 1.54) is 16.7 Å². The minimum absolute atomic E-state index is 0.154. The van der Waals surface area contributed by atoms with Gasteiger partial charge in [0.05, 0.1) is 5.69 Å². The summed E-state index contributed by atoms with van der Waals surface area (Å²) in [5, 5.41) is 0.351. The van der Waals surface area contributed by atoms with Gasteiger partial charge in [-0.25, -0.2) is 0 Å². The fraction of sp³-hybridized carbons (Fsp3) is 0.353. The SMILES string of the molecule is BC(C)(C)c1ccc(-c2ccc(C(B)(C)C)cn2)cc1. The van der Waals surface area contributed by atoms with E-state index >= 15 is 0 Å². The highest BCUT2D eigenvalue weighted by molar-refractivity contribution is 6.15. The summed E-state index contributed by atoms with van der Waals surface area (Å²) in [6.07, 6.45) is 1.99. The van der Waals surface area contributed by atoms with Crippen LogP contribution >= 0.6 is 0 Å². The molecule has 1 aromatic heterocycles. The van der Waals surface area contributed by atoms with Crippen LogP contribution in [0.2, 0.25) is 0 Å². The van der Waals surface area contributed by atoms with Crippen LogP contribution in [0.15, 0.2) is 42.6 Å². The molecule has 0 aliphatic heterocycles. The van der Waals surface area contributed by atoms with Gasteiger partial charge in [0.15, 0.2) is 0 Å². The first-order valence-corrected chi connectivity index (χ1v) is 7.25. The number of aromatic nitrogens is 1. The summed E-state index contributed by atoms with van der Waals surface area (Å²) in [6, 6.07) is 13.0. The maximum Gasteiger partial charge on any atom is 0.114 e. The van der Waals surface area contributed by atoms with Gasteiger partial charge in [0, 0.05) is 11.8 Å². The third kappa shape index (κ3) is 3.33. The summed E-state index contributed by atoms with van der Waals surface area (Å²) in [5.74, 6) is 0. The van der Waals surface area contributed by atoms with E-state index < -0.39 is 0 Å². The molecule has 1 aromatic carbocycles. The molecule has 0 radical (unpaired) electrons. The highest BCUT2D eigenvalue weighted by Gasteiger charge is 2.15. The molecule has 102 valence electrons. The van der Waals surface area contributed by atoms with Gasteiger partial charge in [0.25, 0.3) is 0 Å². The Morgan fingerprint density at radius 3 is 1.65 bits per heavy atom. The van der Waals surface area contributed by atoms with Gasteiger partial charge in [-0.2, -0.15) is 0 Å². The van der Waals surface area contributed by atoms with Crippen molar-refractivity contribution in [3.63, 3.8) is 0 Å². The molecule has 3 heteroatoms. The average molecular weight is 263 g/mol. The monoisotopic (exact) mass is 263 g/mol. The van der Waals surface area contributed by atoms with E-state index in [4.69, 9.17) is 0 Å². The van der Waals surface area contributed by atoms with E-state index in [1.807, 2.05) is 6.20 Å². The van der Waals surface area contributed by atoms with Crippen LogP contribution in [0.25, 0.3) is 11.3 Å². The largest absolute Gasteiger partial charge is 0.256 e. The third-order valence-corrected chi connectivity index (χ3v) is 3.68. The molecule has 0 saturated carbocycles. The maximum atomic E-state index is 4.61. The van der Waals surface area contributed by atoms with Crippen molar-refractivity contribution in [2.45, 2.75) is 38.3 Å². The fourth-order valence-corrected chi connectivity index (χ4v) is 2.15. The van der Waals surface area contributed by atoms with E-state index in [0.717, 1.165) is 5.69 Å². The number of rotatable bonds is 3. The first kappa shape index (κ1) is 14.9. The molecule has 2 aromatic rings. The summed E-state index contributed by atoms with van der Waals surface area (Å²) < 4.78 is 0. The molecule has 0 atom stereocenters. The second-order valence-corrected chi connectivity index (χ2v) is 7.51. The summed E-state index contributed by atoms with van der Waals surface area (Å²) >= 11 is 0. The van der Waals surface area contributed by atoms with Crippen LogP contribution in [0.3, 0.4) is 0 Å². The number of hydrogen-bond donors (Lipinski definition) is 0. The Morgan fingerprint density at radius 1 is 0.750 bits per heavy atom. The predicted octanol–water partition coefficient (Wildman–Crippen LogP) is 2.48. The molecule has 1 nitrogen and oxygen atoms in total. The van der Waals surface area contributed by atoms with Gasteiger partial charge < -0.3 is 0 Å². The van der Waals surface area contributed by atoms with E-state index in [-0.39, 0.29) is 10.6 Å². The molecule has 0 aliphatic carbocycles. The lowest BCUT2D eigenvalue weighted by atomic mass is 9.67. The first-order valence-electron chi connectivity index (χ1n) is 7.25. The molecular weight excluding hydrogens is 240 g/mol. The van der Waals surface area contributed by atoms with Crippen LogP contribution in [0.4, 0.5) is 0 Å². The molecule has 0 amide bonds. The zero-order valence-corrected chi connectivity index (χ0v) is 13.5. The fourth-order valence-electron chi connectivity index (χ4n) is 2.15. The topological polar surface area (TPSA) is 12.9 Å². The predicted molar refractivity (Wildman–Crippen MR) is 92.8 cm³/mol. The third-order valence-electron chi connectivity index (χ3n) is 3.68. The quantitative estimate of drug-likeness (QED) is 0.775. The Balaban J connectivity index is 2.29. The average Bonchev–Trinajstić information content (AvgIpc) is 2.37. The van der Waals surface area contributed by atoms with Crippen LogP contribution in [-0.4, -0.2) is 20.7 Å². The van der Waals surface area contributed by atoms with Gasteiger partial charge in [-0.3, -0.25) is 4.98 Å². The number of nitrogens with zero attached hydrogens (tertiary/aromatic N) is 1. The van der Waals surface area contributed by atoms with Crippen molar-refractivity contribution in [1.82, 2.24) is 4.98 Å². The van der Waals surface area contributed by atoms with Crippen molar-refractivity contribution in [2.24, 2.45) is 0 Å². The molecule has 0 unspecified atom stereocenters. The van der Waals surface area contributed by atoms with Gasteiger partial charge in [-0.15, -0.1) is 0 Å². The first-order chi connectivity index (χ1) is 9.18. The van der Waals surface area contributed by atoms with Gasteiger partial charge in [0.2, 0.25) is 0 Å². The van der Waals surface area contributed by atoms with Crippen LogP contribution in [0, 0.1) is 0 Å². The molecule has 2 rings (SSSR count). The Hall–Kier alpha value is -1.50. The van der Waals surface area contributed by atoms with Crippen molar-refractivity contribution >= 4 is 15.7 Å². The van der Waals surface area contributed by atoms with Crippen molar-refractivity contribution < 1.29 is 0 Å². The number of pyridine rings is 1. The summed E-state index contributed by atoms with van der Waals surface area (Å²) in [6.45, 7) is 8.89. The molecule has 0 bridgehead atoms. The van der Waals surface area contributed by atoms with E-state index in [1.54, 1.807) is 0 Å². The normalized spacial score (nSPS) is 12.4. The Kier molecular flexibility index (Phi) is 3.82.